The second kappa shape index (κ2) is 6.72. The van der Waals surface area contributed by atoms with Crippen LogP contribution in [-0.4, -0.2) is 54.6 Å². The molecular formula is C14H19F6N3. The third-order valence-corrected chi connectivity index (χ3v) is 4.05. The Morgan fingerprint density at radius 1 is 1.00 bits per heavy atom. The van der Waals surface area contributed by atoms with Crippen LogP contribution < -0.4 is 0 Å². The molecule has 1 aromatic heterocycles. The van der Waals surface area contributed by atoms with Crippen LogP contribution in [0.5, 0.6) is 0 Å². The summed E-state index contributed by atoms with van der Waals surface area (Å²) in [5.74, 6) is 0. The second-order valence-corrected chi connectivity index (χ2v) is 5.80. The van der Waals surface area contributed by atoms with Gasteiger partial charge in [-0.2, -0.15) is 26.3 Å². The van der Waals surface area contributed by atoms with Crippen LogP contribution in [0.25, 0.3) is 0 Å². The molecule has 1 saturated heterocycles. The zero-order valence-corrected chi connectivity index (χ0v) is 12.7. The van der Waals surface area contributed by atoms with Crippen molar-refractivity contribution in [3.63, 3.8) is 0 Å². The number of hydrogen-bond donors (Lipinski definition) is 1. The summed E-state index contributed by atoms with van der Waals surface area (Å²) >= 11 is 0. The number of halogens is 6. The summed E-state index contributed by atoms with van der Waals surface area (Å²) in [6.45, 7) is 3.98. The fourth-order valence-corrected chi connectivity index (χ4v) is 2.76. The van der Waals surface area contributed by atoms with Gasteiger partial charge in [0.1, 0.15) is 0 Å². The van der Waals surface area contributed by atoms with Gasteiger partial charge in [-0.05, 0) is 26.4 Å². The molecule has 0 aliphatic carbocycles. The number of piperazine rings is 1. The molecule has 0 saturated carbocycles. The molecule has 3 nitrogen and oxygen atoms in total. The Kier molecular flexibility index (Phi) is 5.30. The molecule has 9 heteroatoms. The predicted molar refractivity (Wildman–Crippen MR) is 73.1 cm³/mol. The molecule has 0 atom stereocenters. The lowest BCUT2D eigenvalue weighted by Gasteiger charge is -2.32. The third kappa shape index (κ3) is 4.63. The van der Waals surface area contributed by atoms with Gasteiger partial charge < -0.3 is 14.8 Å². The number of nitrogens with zero attached hydrogens (tertiary/aromatic N) is 2. The van der Waals surface area contributed by atoms with Gasteiger partial charge in [-0.3, -0.25) is 0 Å². The molecular weight excluding hydrogens is 324 g/mol. The molecule has 23 heavy (non-hydrogen) atoms. The van der Waals surface area contributed by atoms with Gasteiger partial charge in [-0.1, -0.05) is 0 Å². The first-order chi connectivity index (χ1) is 10.6. The van der Waals surface area contributed by atoms with Gasteiger partial charge >= 0.3 is 12.4 Å². The lowest BCUT2D eigenvalue weighted by molar-refractivity contribution is -0.161. The van der Waals surface area contributed by atoms with Gasteiger partial charge in [-0.25, -0.2) is 0 Å². The molecule has 0 amide bonds. The summed E-state index contributed by atoms with van der Waals surface area (Å²) in [7, 11) is 1.99. The molecule has 0 unspecified atom stereocenters. The van der Waals surface area contributed by atoms with E-state index in [-0.39, 0.29) is 12.1 Å². The van der Waals surface area contributed by atoms with Crippen molar-refractivity contribution >= 4 is 0 Å². The van der Waals surface area contributed by atoms with E-state index >= 15 is 0 Å². The number of alkyl halides is 6. The zero-order chi connectivity index (χ0) is 17.3. The Hall–Kier alpha value is -1.22. The van der Waals surface area contributed by atoms with Crippen molar-refractivity contribution in [3.05, 3.63) is 23.0 Å². The van der Waals surface area contributed by atoms with E-state index in [1.165, 1.54) is 0 Å². The van der Waals surface area contributed by atoms with Gasteiger partial charge in [0.05, 0.1) is 11.1 Å². The van der Waals surface area contributed by atoms with E-state index in [0.29, 0.717) is 19.2 Å². The highest BCUT2D eigenvalue weighted by atomic mass is 19.4. The number of aromatic nitrogens is 1. The Morgan fingerprint density at radius 3 is 2.13 bits per heavy atom. The van der Waals surface area contributed by atoms with E-state index in [1.54, 1.807) is 0 Å². The average Bonchev–Trinajstić information content (AvgIpc) is 2.85. The van der Waals surface area contributed by atoms with Crippen molar-refractivity contribution in [1.29, 1.82) is 0 Å². The zero-order valence-electron chi connectivity index (χ0n) is 12.7. The molecule has 0 bridgehead atoms. The topological polar surface area (TPSA) is 22.3 Å². The van der Waals surface area contributed by atoms with E-state index in [0.717, 1.165) is 26.2 Å². The van der Waals surface area contributed by atoms with Crippen LogP contribution in [0.4, 0.5) is 26.3 Å². The summed E-state index contributed by atoms with van der Waals surface area (Å²) in [4.78, 5) is 6.43. The molecule has 0 radical (unpaired) electrons. The second-order valence-electron chi connectivity index (χ2n) is 5.80. The van der Waals surface area contributed by atoms with Crippen LogP contribution in [0, 0.1) is 0 Å². The highest BCUT2D eigenvalue weighted by Gasteiger charge is 2.45. The molecule has 132 valence electrons. The molecule has 0 spiro atoms. The largest absolute Gasteiger partial charge is 0.418 e. The smallest absolute Gasteiger partial charge is 0.364 e. The van der Waals surface area contributed by atoms with E-state index in [4.69, 9.17) is 0 Å². The van der Waals surface area contributed by atoms with Gasteiger partial charge in [-0.15, -0.1) is 0 Å². The van der Waals surface area contributed by atoms with Crippen LogP contribution in [0.1, 0.15) is 23.2 Å². The van der Waals surface area contributed by atoms with Crippen molar-refractivity contribution in [3.8, 4) is 0 Å². The molecule has 1 aliphatic rings. The fraction of sp³-hybridized carbons (Fsp3) is 0.714. The number of aromatic amines is 1. The Labute approximate surface area is 130 Å². The molecule has 1 N–H and O–H groups in total. The van der Waals surface area contributed by atoms with Crippen molar-refractivity contribution in [2.24, 2.45) is 0 Å². The maximum atomic E-state index is 13.0. The van der Waals surface area contributed by atoms with Crippen molar-refractivity contribution in [2.45, 2.75) is 25.2 Å². The van der Waals surface area contributed by atoms with Crippen LogP contribution in [0.2, 0.25) is 0 Å². The highest BCUT2D eigenvalue weighted by Crippen LogP contribution is 2.42. The summed E-state index contributed by atoms with van der Waals surface area (Å²) < 4.78 is 77.0. The number of rotatable bonds is 4. The number of nitrogens with one attached hydrogen (secondary N) is 1. The number of hydrogen-bond acceptors (Lipinski definition) is 2. The third-order valence-electron chi connectivity index (χ3n) is 4.05. The maximum absolute atomic E-state index is 13.0. The molecule has 1 fully saturated rings. The molecule has 1 aliphatic heterocycles. The standard InChI is InChI=1S/C14H19F6N3/c1-22-5-7-23(8-6-22)4-2-3-11-12(14(18,19)20)10(9-21-11)13(15,16)17/h9,21H,2-8H2,1H3. The highest BCUT2D eigenvalue weighted by molar-refractivity contribution is 5.36. The minimum atomic E-state index is -5.02. The lowest BCUT2D eigenvalue weighted by Crippen LogP contribution is -2.44. The molecule has 2 rings (SSSR count). The Bertz CT molecular complexity index is 512. The Balaban J connectivity index is 2.01. The number of H-pyrrole nitrogens is 1. The van der Waals surface area contributed by atoms with Gasteiger partial charge in [0.25, 0.3) is 0 Å². The molecule has 0 aromatic carbocycles. The minimum absolute atomic E-state index is 0.0583. The van der Waals surface area contributed by atoms with Crippen LogP contribution in [0.15, 0.2) is 6.20 Å². The summed E-state index contributed by atoms with van der Waals surface area (Å²) in [5, 5.41) is 0. The normalized spacial score (nSPS) is 18.6. The molecule has 1 aromatic rings. The average molecular weight is 343 g/mol. The van der Waals surface area contributed by atoms with Gasteiger partial charge in [0.15, 0.2) is 0 Å². The fourth-order valence-electron chi connectivity index (χ4n) is 2.76. The monoisotopic (exact) mass is 343 g/mol. The van der Waals surface area contributed by atoms with Crippen LogP contribution in [-0.2, 0) is 18.8 Å². The quantitative estimate of drug-likeness (QED) is 0.848. The van der Waals surface area contributed by atoms with Crippen LogP contribution in [0.3, 0.4) is 0 Å². The number of likely N-dealkylation sites (N-methyl/N-ethyl adjacent to an activating group) is 1. The van der Waals surface area contributed by atoms with Crippen LogP contribution >= 0.6 is 0 Å². The first-order valence-electron chi connectivity index (χ1n) is 7.34. The first kappa shape index (κ1) is 18.1. The lowest BCUT2D eigenvalue weighted by atomic mass is 10.1. The van der Waals surface area contributed by atoms with Crippen molar-refractivity contribution in [2.75, 3.05) is 39.8 Å². The van der Waals surface area contributed by atoms with Crippen molar-refractivity contribution in [1.82, 2.24) is 14.8 Å². The van der Waals surface area contributed by atoms with E-state index in [2.05, 4.69) is 14.8 Å². The van der Waals surface area contributed by atoms with Gasteiger partial charge in [0, 0.05) is 38.1 Å². The van der Waals surface area contributed by atoms with E-state index < -0.39 is 23.5 Å². The van der Waals surface area contributed by atoms with Crippen molar-refractivity contribution < 1.29 is 26.3 Å². The van der Waals surface area contributed by atoms with E-state index in [9.17, 15) is 26.3 Å². The summed E-state index contributed by atoms with van der Waals surface area (Å²) in [6.07, 6.45) is -9.30. The van der Waals surface area contributed by atoms with E-state index in [1.807, 2.05) is 7.05 Å². The maximum Gasteiger partial charge on any atom is 0.418 e. The first-order valence-corrected chi connectivity index (χ1v) is 7.34. The molecule has 2 heterocycles. The Morgan fingerprint density at radius 2 is 1.61 bits per heavy atom. The predicted octanol–water partition coefficient (Wildman–Crippen LogP) is 3.23. The van der Waals surface area contributed by atoms with Gasteiger partial charge in [0.2, 0.25) is 0 Å². The SMILES string of the molecule is CN1CCN(CCCc2[nH]cc(C(F)(F)F)c2C(F)(F)F)CC1. The summed E-state index contributed by atoms with van der Waals surface area (Å²) in [5.41, 5.74) is -3.61. The minimum Gasteiger partial charge on any atom is -0.364 e. The summed E-state index contributed by atoms with van der Waals surface area (Å²) in [6, 6.07) is 0. The number of aryl methyl sites for hydroxylation is 1.